The lowest BCUT2D eigenvalue weighted by Gasteiger charge is -2.30. The van der Waals surface area contributed by atoms with E-state index in [1.165, 1.54) is 0 Å². The van der Waals surface area contributed by atoms with Crippen molar-refractivity contribution in [3.05, 3.63) is 107 Å². The van der Waals surface area contributed by atoms with Crippen molar-refractivity contribution in [1.29, 1.82) is 0 Å². The molecule has 1 atom stereocenters. The van der Waals surface area contributed by atoms with Crippen LogP contribution in [0.1, 0.15) is 37.8 Å². The number of carbonyl (C=O) groups excluding carboxylic acids is 2. The maximum Gasteiger partial charge on any atom is 0.404 e. The third kappa shape index (κ3) is 3.67. The van der Waals surface area contributed by atoms with Gasteiger partial charge in [-0.1, -0.05) is 72.8 Å². The number of amides is 3. The first-order chi connectivity index (χ1) is 14.6. The van der Waals surface area contributed by atoms with Crippen LogP contribution in [0, 0.1) is 0 Å². The molecule has 0 aromatic heterocycles. The van der Waals surface area contributed by atoms with Gasteiger partial charge in [-0.2, -0.15) is 0 Å². The van der Waals surface area contributed by atoms with E-state index >= 15 is 0 Å². The summed E-state index contributed by atoms with van der Waals surface area (Å²) in [6, 6.07) is 24.9. The Morgan fingerprint density at radius 3 is 1.63 bits per heavy atom. The van der Waals surface area contributed by atoms with Gasteiger partial charge in [0.25, 0.3) is 11.8 Å². The Hall–Kier alpha value is -3.93. The van der Waals surface area contributed by atoms with Gasteiger partial charge in [-0.15, -0.1) is 0 Å². The lowest BCUT2D eigenvalue weighted by atomic mass is 9.84. The van der Waals surface area contributed by atoms with E-state index in [1.807, 2.05) is 60.7 Å². The zero-order valence-electron chi connectivity index (χ0n) is 16.1. The van der Waals surface area contributed by atoms with E-state index in [0.29, 0.717) is 11.1 Å². The average Bonchev–Trinajstić information content (AvgIpc) is 3.00. The van der Waals surface area contributed by atoms with Gasteiger partial charge in [-0.05, 0) is 23.3 Å². The first kappa shape index (κ1) is 19.4. The maximum atomic E-state index is 12.9. The number of carboxylic acid groups (broad SMARTS) is 1. The number of nitrogens with zero attached hydrogens (tertiary/aromatic N) is 1. The minimum Gasteiger partial charge on any atom is -0.465 e. The van der Waals surface area contributed by atoms with Crippen LogP contribution in [0.5, 0.6) is 0 Å². The van der Waals surface area contributed by atoms with Crippen molar-refractivity contribution in [2.75, 3.05) is 6.54 Å². The van der Waals surface area contributed by atoms with Gasteiger partial charge in [0.05, 0.1) is 23.7 Å². The minimum atomic E-state index is -1.21. The van der Waals surface area contributed by atoms with Crippen LogP contribution in [0.2, 0.25) is 0 Å². The van der Waals surface area contributed by atoms with Crippen molar-refractivity contribution < 1.29 is 19.5 Å². The molecule has 0 aliphatic carbocycles. The van der Waals surface area contributed by atoms with E-state index in [9.17, 15) is 19.5 Å². The molecule has 2 N–H and O–H groups in total. The molecule has 0 unspecified atom stereocenters. The molecule has 6 nitrogen and oxygen atoms in total. The molecule has 0 saturated carbocycles. The van der Waals surface area contributed by atoms with E-state index in [4.69, 9.17) is 0 Å². The molecule has 0 spiro atoms. The first-order valence-corrected chi connectivity index (χ1v) is 9.61. The van der Waals surface area contributed by atoms with Crippen molar-refractivity contribution >= 4 is 17.9 Å². The van der Waals surface area contributed by atoms with Gasteiger partial charge in [0.2, 0.25) is 0 Å². The molecular formula is C24H20N2O4. The Labute approximate surface area is 173 Å². The molecule has 4 rings (SSSR count). The van der Waals surface area contributed by atoms with Gasteiger partial charge >= 0.3 is 6.09 Å². The zero-order valence-corrected chi connectivity index (χ0v) is 16.1. The summed E-state index contributed by atoms with van der Waals surface area (Å²) in [6.45, 7) is -0.0763. The fourth-order valence-electron chi connectivity index (χ4n) is 3.97. The molecule has 1 heterocycles. The Morgan fingerprint density at radius 1 is 0.767 bits per heavy atom. The fourth-order valence-corrected chi connectivity index (χ4v) is 3.97. The summed E-state index contributed by atoms with van der Waals surface area (Å²) in [6.07, 6.45) is -1.21. The lowest BCUT2D eigenvalue weighted by Crippen LogP contribution is -2.48. The number of hydrogen-bond donors (Lipinski definition) is 2. The molecule has 0 bridgehead atoms. The van der Waals surface area contributed by atoms with Crippen LogP contribution in [0.4, 0.5) is 4.79 Å². The van der Waals surface area contributed by atoms with Gasteiger partial charge < -0.3 is 10.4 Å². The third-order valence-electron chi connectivity index (χ3n) is 5.29. The van der Waals surface area contributed by atoms with Crippen LogP contribution >= 0.6 is 0 Å². The standard InChI is InChI=1S/C24H20N2O4/c27-22-18-13-7-8-14-19(18)23(28)26(22)15-20(25-24(29)30)21(16-9-3-1-4-10-16)17-11-5-2-6-12-17/h1-14,20-21,25H,15H2,(H,29,30)/t20-/m1/s1. The molecule has 0 radical (unpaired) electrons. The molecule has 150 valence electrons. The van der Waals surface area contributed by atoms with Crippen molar-refractivity contribution in [2.45, 2.75) is 12.0 Å². The van der Waals surface area contributed by atoms with Gasteiger partial charge in [-0.3, -0.25) is 14.5 Å². The van der Waals surface area contributed by atoms with E-state index in [1.54, 1.807) is 24.3 Å². The van der Waals surface area contributed by atoms with Crippen LogP contribution in [-0.4, -0.2) is 40.5 Å². The summed E-state index contributed by atoms with van der Waals surface area (Å²) in [7, 11) is 0. The Bertz CT molecular complexity index is 1010. The van der Waals surface area contributed by atoms with Crippen molar-refractivity contribution in [3.63, 3.8) is 0 Å². The second kappa shape index (κ2) is 8.21. The van der Waals surface area contributed by atoms with E-state index in [-0.39, 0.29) is 12.5 Å². The summed E-state index contributed by atoms with van der Waals surface area (Å²) >= 11 is 0. The summed E-state index contributed by atoms with van der Waals surface area (Å²) in [4.78, 5) is 38.5. The lowest BCUT2D eigenvalue weighted by molar-refractivity contribution is 0.0632. The molecule has 6 heteroatoms. The normalized spacial score (nSPS) is 14.0. The minimum absolute atomic E-state index is 0.0763. The van der Waals surface area contributed by atoms with E-state index in [0.717, 1.165) is 16.0 Å². The predicted molar refractivity (Wildman–Crippen MR) is 111 cm³/mol. The van der Waals surface area contributed by atoms with Crippen LogP contribution in [0.15, 0.2) is 84.9 Å². The first-order valence-electron chi connectivity index (χ1n) is 9.61. The van der Waals surface area contributed by atoms with Crippen LogP contribution < -0.4 is 5.32 Å². The third-order valence-corrected chi connectivity index (χ3v) is 5.29. The highest BCUT2D eigenvalue weighted by Gasteiger charge is 2.39. The van der Waals surface area contributed by atoms with Crippen LogP contribution in [-0.2, 0) is 0 Å². The molecular weight excluding hydrogens is 380 g/mol. The molecule has 3 aromatic rings. The largest absolute Gasteiger partial charge is 0.465 e. The smallest absolute Gasteiger partial charge is 0.404 e. The van der Waals surface area contributed by atoms with Crippen LogP contribution in [0.3, 0.4) is 0 Å². The van der Waals surface area contributed by atoms with Gasteiger partial charge in [0.15, 0.2) is 0 Å². The fraction of sp³-hybridized carbons (Fsp3) is 0.125. The number of benzene rings is 3. The number of hydrogen-bond acceptors (Lipinski definition) is 3. The summed E-state index contributed by atoms with van der Waals surface area (Å²) in [5, 5.41) is 12.0. The molecule has 1 aliphatic heterocycles. The highest BCUT2D eigenvalue weighted by atomic mass is 16.4. The maximum absolute atomic E-state index is 12.9. The van der Waals surface area contributed by atoms with E-state index < -0.39 is 23.9 Å². The topological polar surface area (TPSA) is 86.7 Å². The van der Waals surface area contributed by atoms with Gasteiger partial charge in [-0.25, -0.2) is 4.79 Å². The highest BCUT2D eigenvalue weighted by Crippen LogP contribution is 2.31. The molecule has 3 amide bonds. The molecule has 1 aliphatic rings. The van der Waals surface area contributed by atoms with Crippen molar-refractivity contribution in [3.8, 4) is 0 Å². The zero-order chi connectivity index (χ0) is 21.1. The van der Waals surface area contributed by atoms with Crippen molar-refractivity contribution in [2.24, 2.45) is 0 Å². The number of imide groups is 1. The number of rotatable bonds is 6. The monoisotopic (exact) mass is 400 g/mol. The summed E-state index contributed by atoms with van der Waals surface area (Å²) in [5.41, 5.74) is 2.46. The van der Waals surface area contributed by atoms with E-state index in [2.05, 4.69) is 5.32 Å². The molecule has 30 heavy (non-hydrogen) atoms. The van der Waals surface area contributed by atoms with Gasteiger partial charge in [0.1, 0.15) is 0 Å². The SMILES string of the molecule is O=C(O)N[C@H](CN1C(=O)c2ccccc2C1=O)C(c1ccccc1)c1ccccc1. The number of carbonyl (C=O) groups is 3. The highest BCUT2D eigenvalue weighted by molar-refractivity contribution is 6.21. The predicted octanol–water partition coefficient (Wildman–Crippen LogP) is 3.75. The second-order valence-electron chi connectivity index (χ2n) is 7.12. The number of nitrogens with one attached hydrogen (secondary N) is 1. The van der Waals surface area contributed by atoms with Crippen molar-refractivity contribution in [1.82, 2.24) is 10.2 Å². The summed E-state index contributed by atoms with van der Waals surface area (Å²) < 4.78 is 0. The number of fused-ring (bicyclic) bond motifs is 1. The second-order valence-corrected chi connectivity index (χ2v) is 7.12. The van der Waals surface area contributed by atoms with Crippen LogP contribution in [0.25, 0.3) is 0 Å². The molecule has 0 saturated heterocycles. The Balaban J connectivity index is 1.73. The molecule has 3 aromatic carbocycles. The van der Waals surface area contributed by atoms with Gasteiger partial charge in [0, 0.05) is 5.92 Å². The average molecular weight is 400 g/mol. The quantitative estimate of drug-likeness (QED) is 0.617. The summed E-state index contributed by atoms with van der Waals surface area (Å²) in [5.74, 6) is -1.20. The molecule has 0 fully saturated rings. The Morgan fingerprint density at radius 2 is 1.20 bits per heavy atom. The Kier molecular flexibility index (Phi) is 5.30.